The Bertz CT molecular complexity index is 497. The van der Waals surface area contributed by atoms with Crippen LogP contribution >= 0.6 is 11.3 Å². The summed E-state index contributed by atoms with van der Waals surface area (Å²) in [6.45, 7) is 1.80. The molecule has 1 saturated heterocycles. The van der Waals surface area contributed by atoms with Crippen LogP contribution in [0.3, 0.4) is 0 Å². The first kappa shape index (κ1) is 12.8. The van der Waals surface area contributed by atoms with E-state index in [1.165, 1.54) is 24.0 Å². The third-order valence-electron chi connectivity index (χ3n) is 3.91. The minimum Gasteiger partial charge on any atom is -0.329 e. The van der Waals surface area contributed by atoms with Crippen molar-refractivity contribution < 1.29 is 0 Å². The monoisotopic (exact) mass is 273 g/mol. The van der Waals surface area contributed by atoms with Gasteiger partial charge >= 0.3 is 0 Å². The third-order valence-corrected chi connectivity index (χ3v) is 4.62. The number of pyridine rings is 1. The van der Waals surface area contributed by atoms with Gasteiger partial charge in [-0.1, -0.05) is 6.07 Å². The molecule has 19 heavy (non-hydrogen) atoms. The van der Waals surface area contributed by atoms with Crippen LogP contribution in [0, 0.1) is 0 Å². The van der Waals surface area contributed by atoms with Gasteiger partial charge in [-0.2, -0.15) is 11.3 Å². The summed E-state index contributed by atoms with van der Waals surface area (Å²) in [5.74, 6) is 0. The SMILES string of the molecule is NCC(c1ccsc1)N1CCCC1c1cccnc1. The highest BCUT2D eigenvalue weighted by Crippen LogP contribution is 2.38. The van der Waals surface area contributed by atoms with Crippen molar-refractivity contribution >= 4 is 11.3 Å². The second-order valence-corrected chi connectivity index (χ2v) is 5.77. The molecule has 1 aliphatic heterocycles. The van der Waals surface area contributed by atoms with E-state index in [9.17, 15) is 0 Å². The molecule has 0 amide bonds. The van der Waals surface area contributed by atoms with Gasteiger partial charge < -0.3 is 5.73 Å². The van der Waals surface area contributed by atoms with Gasteiger partial charge in [0.05, 0.1) is 0 Å². The lowest BCUT2D eigenvalue weighted by atomic mass is 10.0. The summed E-state index contributed by atoms with van der Waals surface area (Å²) >= 11 is 1.74. The van der Waals surface area contributed by atoms with Crippen LogP contribution in [0.1, 0.15) is 36.1 Å². The van der Waals surface area contributed by atoms with Crippen molar-refractivity contribution in [2.45, 2.75) is 24.9 Å². The molecule has 2 aromatic heterocycles. The number of hydrogen-bond donors (Lipinski definition) is 1. The van der Waals surface area contributed by atoms with Crippen molar-refractivity contribution in [3.05, 3.63) is 52.5 Å². The highest BCUT2D eigenvalue weighted by atomic mass is 32.1. The highest BCUT2D eigenvalue weighted by molar-refractivity contribution is 7.07. The molecule has 3 heterocycles. The van der Waals surface area contributed by atoms with E-state index in [1.54, 1.807) is 11.3 Å². The van der Waals surface area contributed by atoms with Crippen molar-refractivity contribution in [3.8, 4) is 0 Å². The fraction of sp³-hybridized carbons (Fsp3) is 0.400. The van der Waals surface area contributed by atoms with Gasteiger partial charge in [-0.15, -0.1) is 0 Å². The van der Waals surface area contributed by atoms with Crippen LogP contribution in [0.4, 0.5) is 0 Å². The second kappa shape index (κ2) is 5.82. The lowest BCUT2D eigenvalue weighted by Crippen LogP contribution is -2.33. The molecule has 1 fully saturated rings. The lowest BCUT2D eigenvalue weighted by molar-refractivity contribution is 0.185. The second-order valence-electron chi connectivity index (χ2n) is 4.99. The van der Waals surface area contributed by atoms with Gasteiger partial charge in [0.15, 0.2) is 0 Å². The summed E-state index contributed by atoms with van der Waals surface area (Å²) in [6, 6.07) is 7.19. The number of nitrogens with two attached hydrogens (primary N) is 1. The lowest BCUT2D eigenvalue weighted by Gasteiger charge is -2.32. The molecule has 1 aliphatic rings. The average Bonchev–Trinajstić information content (AvgIpc) is 3.12. The van der Waals surface area contributed by atoms with Crippen LogP contribution < -0.4 is 5.73 Å². The molecule has 3 rings (SSSR count). The molecule has 3 nitrogen and oxygen atoms in total. The fourth-order valence-corrected chi connectivity index (χ4v) is 3.73. The van der Waals surface area contributed by atoms with Gasteiger partial charge in [0.25, 0.3) is 0 Å². The summed E-state index contributed by atoms with van der Waals surface area (Å²) in [7, 11) is 0. The predicted molar refractivity (Wildman–Crippen MR) is 79.0 cm³/mol. The number of hydrogen-bond acceptors (Lipinski definition) is 4. The number of aromatic nitrogens is 1. The van der Waals surface area contributed by atoms with Crippen LogP contribution in [-0.2, 0) is 0 Å². The van der Waals surface area contributed by atoms with E-state index in [0.29, 0.717) is 18.6 Å². The average molecular weight is 273 g/mol. The summed E-state index contributed by atoms with van der Waals surface area (Å²) in [5.41, 5.74) is 8.70. The molecule has 0 radical (unpaired) electrons. The molecular weight excluding hydrogens is 254 g/mol. The highest BCUT2D eigenvalue weighted by Gasteiger charge is 2.32. The van der Waals surface area contributed by atoms with Crippen LogP contribution in [-0.4, -0.2) is 23.0 Å². The third kappa shape index (κ3) is 2.56. The van der Waals surface area contributed by atoms with Crippen LogP contribution in [0.2, 0.25) is 0 Å². The van der Waals surface area contributed by atoms with Gasteiger partial charge in [0.2, 0.25) is 0 Å². The summed E-state index contributed by atoms with van der Waals surface area (Å²) in [6.07, 6.45) is 6.26. The Labute approximate surface area is 118 Å². The standard InChI is InChI=1S/C15H19N3S/c16-9-15(13-5-8-19-11-13)18-7-2-4-14(18)12-3-1-6-17-10-12/h1,3,5-6,8,10-11,14-15H,2,4,7,9,16H2. The van der Waals surface area contributed by atoms with Gasteiger partial charge in [-0.25, -0.2) is 0 Å². The minimum absolute atomic E-state index is 0.332. The quantitative estimate of drug-likeness (QED) is 0.931. The maximum Gasteiger partial charge on any atom is 0.0484 e. The first-order valence-corrected chi connectivity index (χ1v) is 7.72. The van der Waals surface area contributed by atoms with Gasteiger partial charge in [0.1, 0.15) is 0 Å². The zero-order valence-corrected chi connectivity index (χ0v) is 11.7. The van der Waals surface area contributed by atoms with Crippen molar-refractivity contribution in [1.82, 2.24) is 9.88 Å². The molecule has 100 valence electrons. The molecule has 2 atom stereocenters. The number of nitrogens with zero attached hydrogens (tertiary/aromatic N) is 2. The summed E-state index contributed by atoms with van der Waals surface area (Å²) in [4.78, 5) is 6.80. The van der Waals surface area contributed by atoms with Gasteiger partial charge in [-0.3, -0.25) is 9.88 Å². The van der Waals surface area contributed by atoms with Gasteiger partial charge in [0, 0.05) is 31.0 Å². The van der Waals surface area contributed by atoms with Crippen molar-refractivity contribution in [1.29, 1.82) is 0 Å². The van der Waals surface area contributed by atoms with Crippen LogP contribution in [0.15, 0.2) is 41.4 Å². The van der Waals surface area contributed by atoms with Crippen molar-refractivity contribution in [2.75, 3.05) is 13.1 Å². The first-order valence-electron chi connectivity index (χ1n) is 6.78. The van der Waals surface area contributed by atoms with E-state index >= 15 is 0 Å². The van der Waals surface area contributed by atoms with Gasteiger partial charge in [-0.05, 0) is 53.4 Å². The van der Waals surface area contributed by atoms with E-state index in [0.717, 1.165) is 6.54 Å². The molecule has 4 heteroatoms. The Balaban J connectivity index is 1.86. The normalized spacial score (nSPS) is 21.6. The number of rotatable bonds is 4. The molecule has 0 bridgehead atoms. The Kier molecular flexibility index (Phi) is 3.92. The summed E-state index contributed by atoms with van der Waals surface area (Å²) in [5, 5.41) is 4.35. The Morgan fingerprint density at radius 1 is 1.47 bits per heavy atom. The topological polar surface area (TPSA) is 42.1 Å². The molecule has 0 spiro atoms. The van der Waals surface area contributed by atoms with E-state index in [2.05, 4.69) is 32.8 Å². The van der Waals surface area contributed by atoms with Crippen molar-refractivity contribution in [3.63, 3.8) is 0 Å². The molecule has 0 aliphatic carbocycles. The fourth-order valence-electron chi connectivity index (χ4n) is 3.02. The van der Waals surface area contributed by atoms with E-state index in [-0.39, 0.29) is 0 Å². The Morgan fingerprint density at radius 3 is 3.11 bits per heavy atom. The largest absolute Gasteiger partial charge is 0.329 e. The zero-order chi connectivity index (χ0) is 13.1. The molecule has 0 aromatic carbocycles. The maximum absolute atomic E-state index is 6.03. The molecule has 0 saturated carbocycles. The van der Waals surface area contributed by atoms with Crippen molar-refractivity contribution in [2.24, 2.45) is 5.73 Å². The predicted octanol–water partition coefficient (Wildman–Crippen LogP) is 2.98. The Morgan fingerprint density at radius 2 is 2.42 bits per heavy atom. The molecule has 2 N–H and O–H groups in total. The maximum atomic E-state index is 6.03. The minimum atomic E-state index is 0.332. The number of thiophene rings is 1. The first-order chi connectivity index (χ1) is 9.40. The summed E-state index contributed by atoms with van der Waals surface area (Å²) < 4.78 is 0. The van der Waals surface area contributed by atoms with E-state index in [4.69, 9.17) is 5.73 Å². The van der Waals surface area contributed by atoms with E-state index < -0.39 is 0 Å². The van der Waals surface area contributed by atoms with Crippen LogP contribution in [0.5, 0.6) is 0 Å². The smallest absolute Gasteiger partial charge is 0.0484 e. The van der Waals surface area contributed by atoms with Crippen LogP contribution in [0.25, 0.3) is 0 Å². The Hall–Kier alpha value is -1.23. The molecule has 2 unspecified atom stereocenters. The molecular formula is C15H19N3S. The molecule has 2 aromatic rings. The zero-order valence-electron chi connectivity index (χ0n) is 10.9. The van der Waals surface area contributed by atoms with E-state index in [1.807, 2.05) is 18.5 Å². The number of likely N-dealkylation sites (tertiary alicyclic amines) is 1.